The molecule has 2 aromatic rings. The van der Waals surface area contributed by atoms with Crippen LogP contribution in [-0.2, 0) is 6.42 Å². The predicted octanol–water partition coefficient (Wildman–Crippen LogP) is 0.632. The lowest BCUT2D eigenvalue weighted by Gasteiger charge is -2.22. The van der Waals surface area contributed by atoms with Crippen molar-refractivity contribution in [2.45, 2.75) is 25.3 Å². The van der Waals surface area contributed by atoms with E-state index in [1.54, 1.807) is 23.7 Å². The summed E-state index contributed by atoms with van der Waals surface area (Å²) in [5.74, 6) is -0.174. The van der Waals surface area contributed by atoms with Crippen molar-refractivity contribution < 1.29 is 4.79 Å². The smallest absolute Gasteiger partial charge is 0.273 e. The second-order valence-electron chi connectivity index (χ2n) is 5.00. The third kappa shape index (κ3) is 3.64. The number of nitrogens with one attached hydrogen (secondary N) is 2. The van der Waals surface area contributed by atoms with E-state index in [-0.39, 0.29) is 5.91 Å². The van der Waals surface area contributed by atoms with Gasteiger partial charge >= 0.3 is 0 Å². The fourth-order valence-corrected chi connectivity index (χ4v) is 3.00. The van der Waals surface area contributed by atoms with Crippen LogP contribution in [0.1, 0.15) is 34.4 Å². The van der Waals surface area contributed by atoms with Crippen LogP contribution in [0.5, 0.6) is 0 Å². The molecule has 3 heterocycles. The van der Waals surface area contributed by atoms with E-state index in [0.717, 1.165) is 37.4 Å². The summed E-state index contributed by atoms with van der Waals surface area (Å²) < 4.78 is 1.82. The molecule has 0 radical (unpaired) electrons. The second-order valence-corrected chi connectivity index (χ2v) is 5.98. The van der Waals surface area contributed by atoms with Crippen LogP contribution < -0.4 is 10.6 Å². The van der Waals surface area contributed by atoms with E-state index in [0.29, 0.717) is 18.3 Å². The molecule has 0 aliphatic carbocycles. The SMILES string of the molecule is O=C(NCCc1nccs1)c1cn(C2CCNCC2)nn1. The van der Waals surface area contributed by atoms with Crippen molar-refractivity contribution in [1.82, 2.24) is 30.6 Å². The summed E-state index contributed by atoms with van der Waals surface area (Å²) in [7, 11) is 0. The first-order valence-corrected chi connectivity index (χ1v) is 8.00. The Hall–Kier alpha value is -1.80. The first-order valence-electron chi connectivity index (χ1n) is 7.12. The number of hydrogen-bond acceptors (Lipinski definition) is 6. The zero-order valence-corrected chi connectivity index (χ0v) is 12.5. The molecule has 112 valence electrons. The number of hydrogen-bond donors (Lipinski definition) is 2. The van der Waals surface area contributed by atoms with Gasteiger partial charge in [-0.3, -0.25) is 4.79 Å². The molecule has 0 unspecified atom stereocenters. The molecule has 0 spiro atoms. The molecule has 1 aliphatic heterocycles. The molecule has 8 heteroatoms. The average Bonchev–Trinajstić information content (AvgIpc) is 3.20. The fraction of sp³-hybridized carbons (Fsp3) is 0.538. The lowest BCUT2D eigenvalue weighted by Crippen LogP contribution is -2.29. The average molecular weight is 306 g/mol. The third-order valence-corrected chi connectivity index (χ3v) is 4.37. The lowest BCUT2D eigenvalue weighted by atomic mass is 10.1. The van der Waals surface area contributed by atoms with E-state index in [4.69, 9.17) is 0 Å². The number of aromatic nitrogens is 4. The molecular formula is C13H18N6OS. The molecule has 1 saturated heterocycles. The number of amides is 1. The van der Waals surface area contributed by atoms with Gasteiger partial charge in [0.05, 0.1) is 17.2 Å². The van der Waals surface area contributed by atoms with Crippen molar-refractivity contribution in [2.75, 3.05) is 19.6 Å². The molecule has 7 nitrogen and oxygen atoms in total. The summed E-state index contributed by atoms with van der Waals surface area (Å²) in [4.78, 5) is 16.2. The zero-order valence-electron chi connectivity index (χ0n) is 11.7. The highest BCUT2D eigenvalue weighted by molar-refractivity contribution is 7.09. The summed E-state index contributed by atoms with van der Waals surface area (Å²) >= 11 is 1.59. The van der Waals surface area contributed by atoms with Gasteiger partial charge in [-0.25, -0.2) is 9.67 Å². The van der Waals surface area contributed by atoms with Gasteiger partial charge in [0.2, 0.25) is 0 Å². The highest BCUT2D eigenvalue weighted by atomic mass is 32.1. The van der Waals surface area contributed by atoms with E-state index in [2.05, 4.69) is 25.9 Å². The molecule has 21 heavy (non-hydrogen) atoms. The molecule has 2 aromatic heterocycles. The monoisotopic (exact) mass is 306 g/mol. The zero-order chi connectivity index (χ0) is 14.5. The maximum absolute atomic E-state index is 12.0. The minimum atomic E-state index is -0.174. The van der Waals surface area contributed by atoms with Gasteiger partial charge in [0.1, 0.15) is 0 Å². The Morgan fingerprint density at radius 3 is 3.10 bits per heavy atom. The number of rotatable bonds is 5. The summed E-state index contributed by atoms with van der Waals surface area (Å²) in [6, 6.07) is 0.343. The molecule has 1 fully saturated rings. The van der Waals surface area contributed by atoms with Gasteiger partial charge in [-0.2, -0.15) is 0 Å². The van der Waals surface area contributed by atoms with Crippen LogP contribution in [0.25, 0.3) is 0 Å². The summed E-state index contributed by atoms with van der Waals surface area (Å²) in [6.45, 7) is 2.53. The molecule has 2 N–H and O–H groups in total. The number of nitrogens with zero attached hydrogens (tertiary/aromatic N) is 4. The van der Waals surface area contributed by atoms with Crippen molar-refractivity contribution in [3.05, 3.63) is 28.5 Å². The van der Waals surface area contributed by atoms with Crippen molar-refractivity contribution in [2.24, 2.45) is 0 Å². The standard InChI is InChI=1S/C13H18N6OS/c20-13(16-6-3-12-15-7-8-21-12)11-9-19(18-17-11)10-1-4-14-5-2-10/h7-10,14H,1-6H2,(H,16,20). The molecule has 0 bridgehead atoms. The quantitative estimate of drug-likeness (QED) is 0.846. The van der Waals surface area contributed by atoms with Crippen molar-refractivity contribution >= 4 is 17.2 Å². The maximum atomic E-state index is 12.0. The number of carbonyl (C=O) groups is 1. The van der Waals surface area contributed by atoms with Crippen LogP contribution in [0.4, 0.5) is 0 Å². The van der Waals surface area contributed by atoms with Gasteiger partial charge in [-0.05, 0) is 25.9 Å². The van der Waals surface area contributed by atoms with Crippen LogP contribution in [0, 0.1) is 0 Å². The number of piperidine rings is 1. The van der Waals surface area contributed by atoms with Crippen molar-refractivity contribution in [3.8, 4) is 0 Å². The largest absolute Gasteiger partial charge is 0.350 e. The summed E-state index contributed by atoms with van der Waals surface area (Å²) in [6.07, 6.45) is 6.30. The maximum Gasteiger partial charge on any atom is 0.273 e. The van der Waals surface area contributed by atoms with E-state index >= 15 is 0 Å². The van der Waals surface area contributed by atoms with Crippen LogP contribution in [-0.4, -0.2) is 45.5 Å². The molecule has 3 rings (SSSR count). The Labute approximate surface area is 126 Å². The highest BCUT2D eigenvalue weighted by Crippen LogP contribution is 2.16. The normalized spacial score (nSPS) is 16.0. The Morgan fingerprint density at radius 1 is 1.48 bits per heavy atom. The highest BCUT2D eigenvalue weighted by Gasteiger charge is 2.18. The van der Waals surface area contributed by atoms with Gasteiger partial charge in [-0.1, -0.05) is 5.21 Å². The summed E-state index contributed by atoms with van der Waals surface area (Å²) in [5.41, 5.74) is 0.382. The van der Waals surface area contributed by atoms with E-state index in [9.17, 15) is 4.79 Å². The van der Waals surface area contributed by atoms with E-state index < -0.39 is 0 Å². The van der Waals surface area contributed by atoms with Gasteiger partial charge in [0, 0.05) is 24.5 Å². The van der Waals surface area contributed by atoms with E-state index in [1.165, 1.54) is 0 Å². The minimum absolute atomic E-state index is 0.174. The Bertz CT molecular complexity index is 575. The van der Waals surface area contributed by atoms with Gasteiger partial charge in [-0.15, -0.1) is 16.4 Å². The third-order valence-electron chi connectivity index (χ3n) is 3.53. The van der Waals surface area contributed by atoms with Gasteiger partial charge in [0.25, 0.3) is 5.91 Å². The van der Waals surface area contributed by atoms with E-state index in [1.807, 2.05) is 10.1 Å². The van der Waals surface area contributed by atoms with Crippen LogP contribution in [0.2, 0.25) is 0 Å². The Balaban J connectivity index is 1.51. The predicted molar refractivity (Wildman–Crippen MR) is 79.3 cm³/mol. The van der Waals surface area contributed by atoms with Gasteiger partial charge < -0.3 is 10.6 Å². The fourth-order valence-electron chi connectivity index (χ4n) is 2.38. The van der Waals surface area contributed by atoms with Crippen LogP contribution >= 0.6 is 11.3 Å². The second kappa shape index (κ2) is 6.77. The summed E-state index contributed by atoms with van der Waals surface area (Å²) in [5, 5.41) is 17.2. The Morgan fingerprint density at radius 2 is 2.33 bits per heavy atom. The molecule has 0 aromatic carbocycles. The van der Waals surface area contributed by atoms with Gasteiger partial charge in [0.15, 0.2) is 5.69 Å². The molecule has 1 aliphatic rings. The first-order chi connectivity index (χ1) is 10.3. The lowest BCUT2D eigenvalue weighted by molar-refractivity contribution is 0.0949. The molecule has 0 atom stereocenters. The van der Waals surface area contributed by atoms with Crippen molar-refractivity contribution in [1.29, 1.82) is 0 Å². The number of carbonyl (C=O) groups excluding carboxylic acids is 1. The molecular weight excluding hydrogens is 288 g/mol. The minimum Gasteiger partial charge on any atom is -0.350 e. The van der Waals surface area contributed by atoms with Crippen LogP contribution in [0.15, 0.2) is 17.8 Å². The first kappa shape index (κ1) is 14.2. The topological polar surface area (TPSA) is 84.7 Å². The van der Waals surface area contributed by atoms with Crippen LogP contribution in [0.3, 0.4) is 0 Å². The molecule has 0 saturated carbocycles. The van der Waals surface area contributed by atoms with Crippen molar-refractivity contribution in [3.63, 3.8) is 0 Å². The number of thiazole rings is 1. The Kier molecular flexibility index (Phi) is 4.56. The molecule has 1 amide bonds.